The number of benzene rings is 1. The molecule has 2 amide bonds. The van der Waals surface area contributed by atoms with E-state index >= 15 is 0 Å². The zero-order valence-corrected chi connectivity index (χ0v) is 13.9. The quantitative estimate of drug-likeness (QED) is 0.881. The number of methoxy groups -OCH3 is 1. The van der Waals surface area contributed by atoms with Crippen molar-refractivity contribution in [1.29, 1.82) is 0 Å². The lowest BCUT2D eigenvalue weighted by atomic mass is 10.0. The molecule has 8 heteroatoms. The van der Waals surface area contributed by atoms with Gasteiger partial charge in [-0.1, -0.05) is 12.1 Å². The normalized spacial score (nSPS) is 16.2. The van der Waals surface area contributed by atoms with Crippen molar-refractivity contribution in [3.63, 3.8) is 0 Å². The number of hydrogen-bond acceptors (Lipinski definition) is 3. The maximum Gasteiger partial charge on any atom is 0.471 e. The van der Waals surface area contributed by atoms with Gasteiger partial charge in [0.25, 0.3) is 0 Å². The third-order valence-corrected chi connectivity index (χ3v) is 4.17. The Hall–Kier alpha value is -2.25. The summed E-state index contributed by atoms with van der Waals surface area (Å²) in [5.41, 5.74) is 0.420. The number of carbonyl (C=O) groups is 2. The van der Waals surface area contributed by atoms with Gasteiger partial charge in [0.2, 0.25) is 5.91 Å². The van der Waals surface area contributed by atoms with Crippen LogP contribution in [0, 0.1) is 0 Å². The number of alkyl halides is 3. The van der Waals surface area contributed by atoms with Crippen LogP contribution in [-0.2, 0) is 9.59 Å². The lowest BCUT2D eigenvalue weighted by Gasteiger charge is -2.29. The Morgan fingerprint density at radius 1 is 1.16 bits per heavy atom. The number of likely N-dealkylation sites (tertiary alicyclic amines) is 1. The van der Waals surface area contributed by atoms with Crippen molar-refractivity contribution in [2.75, 3.05) is 20.2 Å². The molecule has 25 heavy (non-hydrogen) atoms. The van der Waals surface area contributed by atoms with Crippen LogP contribution in [0.15, 0.2) is 24.3 Å². The first kappa shape index (κ1) is 19.1. The lowest BCUT2D eigenvalue weighted by Crippen LogP contribution is -2.42. The van der Waals surface area contributed by atoms with Crippen molar-refractivity contribution in [1.82, 2.24) is 10.2 Å². The first-order valence-corrected chi connectivity index (χ1v) is 8.10. The zero-order valence-electron chi connectivity index (χ0n) is 13.9. The first-order valence-electron chi connectivity index (χ1n) is 8.10. The molecule has 1 aromatic carbocycles. The Morgan fingerprint density at radius 2 is 1.76 bits per heavy atom. The van der Waals surface area contributed by atoms with Gasteiger partial charge in [0.05, 0.1) is 19.6 Å². The van der Waals surface area contributed by atoms with Gasteiger partial charge in [-0.05, 0) is 37.0 Å². The summed E-state index contributed by atoms with van der Waals surface area (Å²) < 4.78 is 42.8. The molecule has 0 radical (unpaired) electrons. The highest BCUT2D eigenvalue weighted by atomic mass is 19.4. The van der Waals surface area contributed by atoms with Crippen molar-refractivity contribution in [2.45, 2.75) is 37.9 Å². The van der Waals surface area contributed by atoms with Crippen LogP contribution in [0.1, 0.15) is 37.3 Å². The molecule has 1 aliphatic rings. The minimum Gasteiger partial charge on any atom is -0.497 e. The van der Waals surface area contributed by atoms with E-state index in [2.05, 4.69) is 0 Å². The monoisotopic (exact) mass is 358 g/mol. The summed E-state index contributed by atoms with van der Waals surface area (Å²) in [6.07, 6.45) is -2.41. The van der Waals surface area contributed by atoms with Crippen LogP contribution in [0.5, 0.6) is 5.75 Å². The molecule has 1 heterocycles. The third kappa shape index (κ3) is 5.37. The number of ether oxygens (including phenoxy) is 1. The van der Waals surface area contributed by atoms with Gasteiger partial charge >= 0.3 is 12.1 Å². The van der Waals surface area contributed by atoms with E-state index in [0.29, 0.717) is 24.4 Å². The van der Waals surface area contributed by atoms with E-state index < -0.39 is 18.1 Å². The molecule has 2 rings (SSSR count). The van der Waals surface area contributed by atoms with E-state index in [4.69, 9.17) is 4.74 Å². The van der Waals surface area contributed by atoms with Crippen LogP contribution >= 0.6 is 0 Å². The molecule has 1 aliphatic heterocycles. The largest absolute Gasteiger partial charge is 0.497 e. The molecule has 1 aromatic rings. The molecular formula is C17H21F3N2O3. The summed E-state index contributed by atoms with van der Waals surface area (Å²) >= 11 is 0. The second-order valence-electron chi connectivity index (χ2n) is 5.94. The van der Waals surface area contributed by atoms with Crippen LogP contribution in [0.25, 0.3) is 0 Å². The topological polar surface area (TPSA) is 58.6 Å². The predicted molar refractivity (Wildman–Crippen MR) is 85.0 cm³/mol. The van der Waals surface area contributed by atoms with Crippen molar-refractivity contribution in [2.24, 2.45) is 0 Å². The number of nitrogens with one attached hydrogen (secondary N) is 1. The molecule has 0 spiro atoms. The molecule has 0 bridgehead atoms. The number of nitrogens with zero attached hydrogens (tertiary/aromatic N) is 1. The van der Waals surface area contributed by atoms with Crippen LogP contribution < -0.4 is 10.1 Å². The molecular weight excluding hydrogens is 337 g/mol. The minimum atomic E-state index is -5.00. The average molecular weight is 358 g/mol. The summed E-state index contributed by atoms with van der Waals surface area (Å²) in [6, 6.07) is 5.20. The Labute approximate surface area is 144 Å². The van der Waals surface area contributed by atoms with Crippen molar-refractivity contribution < 1.29 is 27.5 Å². The van der Waals surface area contributed by atoms with Gasteiger partial charge in [0.1, 0.15) is 5.75 Å². The highest BCUT2D eigenvalue weighted by Gasteiger charge is 2.40. The van der Waals surface area contributed by atoms with Gasteiger partial charge in [-0.15, -0.1) is 0 Å². The fraction of sp³-hybridized carbons (Fsp3) is 0.529. The Balaban J connectivity index is 2.15. The number of piperidine rings is 1. The van der Waals surface area contributed by atoms with E-state index in [1.165, 1.54) is 7.11 Å². The van der Waals surface area contributed by atoms with Crippen LogP contribution in [0.4, 0.5) is 13.2 Å². The molecule has 5 nitrogen and oxygen atoms in total. The summed E-state index contributed by atoms with van der Waals surface area (Å²) in [6.45, 7) is 1.20. The molecule has 0 unspecified atom stereocenters. The molecule has 1 saturated heterocycles. The Morgan fingerprint density at radius 3 is 2.28 bits per heavy atom. The van der Waals surface area contributed by atoms with E-state index in [1.54, 1.807) is 29.2 Å². The number of halogens is 3. The van der Waals surface area contributed by atoms with Gasteiger partial charge in [-0.25, -0.2) is 0 Å². The summed E-state index contributed by atoms with van der Waals surface area (Å²) in [7, 11) is 1.47. The average Bonchev–Trinajstić information content (AvgIpc) is 2.61. The fourth-order valence-corrected chi connectivity index (χ4v) is 2.78. The van der Waals surface area contributed by atoms with E-state index in [0.717, 1.165) is 19.3 Å². The highest BCUT2D eigenvalue weighted by Crippen LogP contribution is 2.24. The van der Waals surface area contributed by atoms with Crippen molar-refractivity contribution in [3.8, 4) is 5.75 Å². The number of carbonyl (C=O) groups excluding carboxylic acids is 2. The van der Waals surface area contributed by atoms with Gasteiger partial charge < -0.3 is 15.0 Å². The summed E-state index contributed by atoms with van der Waals surface area (Å²) in [5, 5.41) is 1.93. The summed E-state index contributed by atoms with van der Waals surface area (Å²) in [4.78, 5) is 25.4. The van der Waals surface area contributed by atoms with Crippen molar-refractivity contribution >= 4 is 11.8 Å². The van der Waals surface area contributed by atoms with Crippen LogP contribution in [0.2, 0.25) is 0 Å². The predicted octanol–water partition coefficient (Wildman–Crippen LogP) is 2.82. The van der Waals surface area contributed by atoms with Crippen LogP contribution in [0.3, 0.4) is 0 Å². The third-order valence-electron chi connectivity index (χ3n) is 4.17. The maximum absolute atomic E-state index is 12.6. The SMILES string of the molecule is COc1ccc([C@H](CC(=O)N2CCCCC2)NC(=O)C(F)(F)F)cc1. The second kappa shape index (κ2) is 8.22. The van der Waals surface area contributed by atoms with Gasteiger partial charge in [-0.3, -0.25) is 9.59 Å². The number of amides is 2. The van der Waals surface area contributed by atoms with E-state index in [-0.39, 0.29) is 12.3 Å². The smallest absolute Gasteiger partial charge is 0.471 e. The number of rotatable bonds is 5. The second-order valence-corrected chi connectivity index (χ2v) is 5.94. The van der Waals surface area contributed by atoms with Crippen molar-refractivity contribution in [3.05, 3.63) is 29.8 Å². The fourth-order valence-electron chi connectivity index (χ4n) is 2.78. The zero-order chi connectivity index (χ0) is 18.4. The maximum atomic E-state index is 12.6. The lowest BCUT2D eigenvalue weighted by molar-refractivity contribution is -0.174. The molecule has 0 aromatic heterocycles. The van der Waals surface area contributed by atoms with E-state index in [9.17, 15) is 22.8 Å². The summed E-state index contributed by atoms with van der Waals surface area (Å²) in [5.74, 6) is -1.78. The molecule has 0 aliphatic carbocycles. The molecule has 1 atom stereocenters. The minimum absolute atomic E-state index is 0.214. The first-order chi connectivity index (χ1) is 11.8. The Kier molecular flexibility index (Phi) is 6.27. The molecule has 0 saturated carbocycles. The standard InChI is InChI=1S/C17H21F3N2O3/c1-25-13-7-5-12(6-8-13)14(21-16(24)17(18,19)20)11-15(23)22-9-3-2-4-10-22/h5-8,14H,2-4,9-11H2,1H3,(H,21,24)/t14-/m0/s1. The molecule has 138 valence electrons. The van der Waals surface area contributed by atoms with Crippen LogP contribution in [-0.4, -0.2) is 43.1 Å². The highest BCUT2D eigenvalue weighted by molar-refractivity contribution is 5.83. The van der Waals surface area contributed by atoms with E-state index in [1.807, 2.05) is 5.32 Å². The van der Waals surface area contributed by atoms with Gasteiger partial charge in [0.15, 0.2) is 0 Å². The van der Waals surface area contributed by atoms with Gasteiger partial charge in [-0.2, -0.15) is 13.2 Å². The van der Waals surface area contributed by atoms with Gasteiger partial charge in [0, 0.05) is 13.1 Å². The molecule has 1 fully saturated rings. The number of hydrogen-bond donors (Lipinski definition) is 1. The molecule has 1 N–H and O–H groups in total. The Bertz CT molecular complexity index is 596.